The zero-order valence-electron chi connectivity index (χ0n) is 20.5. The highest BCUT2D eigenvalue weighted by Gasteiger charge is 2.46. The lowest BCUT2D eigenvalue weighted by Gasteiger charge is -2.33. The fourth-order valence-electron chi connectivity index (χ4n) is 4.84. The fourth-order valence-corrected chi connectivity index (χ4v) is 4.84. The number of fused-ring (bicyclic) bond motifs is 1. The highest BCUT2D eigenvalue weighted by atomic mass is 19.4. The minimum absolute atomic E-state index is 0.0613. The van der Waals surface area contributed by atoms with Crippen LogP contribution in [-0.2, 0) is 0 Å². The van der Waals surface area contributed by atoms with Gasteiger partial charge in [0.15, 0.2) is 17.5 Å². The van der Waals surface area contributed by atoms with Gasteiger partial charge in [-0.3, -0.25) is 4.79 Å². The van der Waals surface area contributed by atoms with Gasteiger partial charge in [-0.2, -0.15) is 18.3 Å². The number of nitrogens with one attached hydrogen (secondary N) is 2. The van der Waals surface area contributed by atoms with Gasteiger partial charge in [0, 0.05) is 49.8 Å². The van der Waals surface area contributed by atoms with E-state index >= 15 is 0 Å². The summed E-state index contributed by atoms with van der Waals surface area (Å²) in [5.41, 5.74) is 2.21. The summed E-state index contributed by atoms with van der Waals surface area (Å²) in [5, 5.41) is 10.7. The molecule has 0 aliphatic carbocycles. The number of methoxy groups -OCH3 is 2. The molecule has 0 bridgehead atoms. The van der Waals surface area contributed by atoms with E-state index < -0.39 is 18.3 Å². The van der Waals surface area contributed by atoms with Gasteiger partial charge in [-0.25, -0.2) is 4.68 Å². The van der Waals surface area contributed by atoms with Crippen LogP contribution in [0.5, 0.6) is 11.5 Å². The normalized spacial score (nSPS) is 19.6. The van der Waals surface area contributed by atoms with Crippen LogP contribution in [0.15, 0.2) is 48.5 Å². The number of anilines is 1. The maximum atomic E-state index is 14.1. The Morgan fingerprint density at radius 3 is 2.35 bits per heavy atom. The molecule has 1 saturated heterocycles. The molecule has 1 aromatic heterocycles. The van der Waals surface area contributed by atoms with Crippen LogP contribution in [0.2, 0.25) is 0 Å². The Kier molecular flexibility index (Phi) is 6.72. The lowest BCUT2D eigenvalue weighted by atomic mass is 9.96. The maximum Gasteiger partial charge on any atom is 0.410 e. The molecule has 1 fully saturated rings. The average Bonchev–Trinajstić information content (AvgIpc) is 3.36. The molecule has 37 heavy (non-hydrogen) atoms. The van der Waals surface area contributed by atoms with Gasteiger partial charge >= 0.3 is 6.18 Å². The Morgan fingerprint density at radius 2 is 1.70 bits per heavy atom. The van der Waals surface area contributed by atoms with Crippen molar-refractivity contribution >= 4 is 11.7 Å². The molecule has 2 N–H and O–H groups in total. The van der Waals surface area contributed by atoms with Crippen LogP contribution in [0.3, 0.4) is 0 Å². The van der Waals surface area contributed by atoms with Gasteiger partial charge < -0.3 is 25.0 Å². The standard InChI is InChI=1S/C26H28F3N5O3/c1-36-21-8-7-18(13-22(21)37-2)19-14-23(26(27,28)29)34-24(31-19)15-20(32-34)16-3-5-17(6-4-16)25(35)33-11-9-30-10-12-33/h3-8,13,15,19,23,30-31H,9-12,14H2,1-2H3/t19-,23+/m0/s1. The SMILES string of the molecule is COc1ccc([C@@H]2C[C@H](C(F)(F)F)n3nc(-c4ccc(C(=O)N5CCNCC5)cc4)cc3N2)cc1OC. The van der Waals surface area contributed by atoms with Crippen molar-refractivity contribution in [3.8, 4) is 22.8 Å². The molecule has 8 nitrogen and oxygen atoms in total. The first-order chi connectivity index (χ1) is 17.8. The second kappa shape index (κ2) is 9.97. The quantitative estimate of drug-likeness (QED) is 0.528. The Bertz CT molecular complexity index is 1270. The summed E-state index contributed by atoms with van der Waals surface area (Å²) in [5.74, 6) is 1.15. The molecule has 2 aliphatic rings. The smallest absolute Gasteiger partial charge is 0.410 e. The molecule has 0 radical (unpaired) electrons. The molecule has 2 atom stereocenters. The third kappa shape index (κ3) is 4.95. The molecule has 11 heteroatoms. The first-order valence-electron chi connectivity index (χ1n) is 12.0. The van der Waals surface area contributed by atoms with E-state index in [9.17, 15) is 18.0 Å². The molecule has 0 unspecified atom stereocenters. The van der Waals surface area contributed by atoms with Gasteiger partial charge in [0.05, 0.1) is 26.0 Å². The van der Waals surface area contributed by atoms with E-state index in [-0.39, 0.29) is 18.1 Å². The van der Waals surface area contributed by atoms with E-state index in [1.54, 1.807) is 53.4 Å². The Morgan fingerprint density at radius 1 is 1.00 bits per heavy atom. The first kappa shape index (κ1) is 24.9. The number of rotatable bonds is 5. The van der Waals surface area contributed by atoms with Crippen LogP contribution in [0.25, 0.3) is 11.3 Å². The van der Waals surface area contributed by atoms with E-state index in [1.165, 1.54) is 14.2 Å². The number of alkyl halides is 3. The molecular formula is C26H28F3N5O3. The van der Waals surface area contributed by atoms with Gasteiger partial charge in [-0.1, -0.05) is 18.2 Å². The third-order valence-electron chi connectivity index (χ3n) is 6.83. The van der Waals surface area contributed by atoms with Crippen molar-refractivity contribution < 1.29 is 27.4 Å². The van der Waals surface area contributed by atoms with Crippen molar-refractivity contribution in [2.24, 2.45) is 0 Å². The molecule has 3 aromatic rings. The number of aromatic nitrogens is 2. The van der Waals surface area contributed by atoms with E-state index in [1.807, 2.05) is 0 Å². The number of carbonyl (C=O) groups is 1. The zero-order valence-corrected chi connectivity index (χ0v) is 20.5. The molecule has 2 aromatic carbocycles. The lowest BCUT2D eigenvalue weighted by Crippen LogP contribution is -2.46. The number of carbonyl (C=O) groups excluding carboxylic acids is 1. The summed E-state index contributed by atoms with van der Waals surface area (Å²) in [6.45, 7) is 2.78. The number of hydrogen-bond donors (Lipinski definition) is 2. The van der Waals surface area contributed by atoms with Crippen LogP contribution in [-0.4, -0.2) is 67.2 Å². The van der Waals surface area contributed by atoms with E-state index in [4.69, 9.17) is 9.47 Å². The average molecular weight is 516 g/mol. The largest absolute Gasteiger partial charge is 0.493 e. The molecule has 0 spiro atoms. The highest BCUT2D eigenvalue weighted by Crippen LogP contribution is 2.45. The van der Waals surface area contributed by atoms with Gasteiger partial charge in [-0.15, -0.1) is 0 Å². The molecule has 2 aliphatic heterocycles. The van der Waals surface area contributed by atoms with Crippen molar-refractivity contribution in [2.45, 2.75) is 24.7 Å². The van der Waals surface area contributed by atoms with Crippen molar-refractivity contribution in [1.29, 1.82) is 0 Å². The second-order valence-corrected chi connectivity index (χ2v) is 9.08. The summed E-state index contributed by atoms with van der Waals surface area (Å²) >= 11 is 0. The first-order valence-corrected chi connectivity index (χ1v) is 12.0. The molecular weight excluding hydrogens is 487 g/mol. The van der Waals surface area contributed by atoms with Crippen molar-refractivity contribution in [3.63, 3.8) is 0 Å². The third-order valence-corrected chi connectivity index (χ3v) is 6.83. The van der Waals surface area contributed by atoms with Gasteiger partial charge in [0.2, 0.25) is 0 Å². The van der Waals surface area contributed by atoms with E-state index in [0.29, 0.717) is 47.0 Å². The summed E-state index contributed by atoms with van der Waals surface area (Å²) in [6, 6.07) is 11.1. The summed E-state index contributed by atoms with van der Waals surface area (Å²) in [4.78, 5) is 14.5. The lowest BCUT2D eigenvalue weighted by molar-refractivity contribution is -0.173. The predicted molar refractivity (Wildman–Crippen MR) is 132 cm³/mol. The zero-order chi connectivity index (χ0) is 26.2. The highest BCUT2D eigenvalue weighted by molar-refractivity contribution is 5.94. The summed E-state index contributed by atoms with van der Waals surface area (Å²) in [6.07, 6.45) is -4.72. The molecule has 196 valence electrons. The van der Waals surface area contributed by atoms with Crippen molar-refractivity contribution in [3.05, 3.63) is 59.7 Å². The van der Waals surface area contributed by atoms with Crippen LogP contribution < -0.4 is 20.1 Å². The van der Waals surface area contributed by atoms with Crippen molar-refractivity contribution in [2.75, 3.05) is 45.7 Å². The Balaban J connectivity index is 1.42. The van der Waals surface area contributed by atoms with E-state index in [0.717, 1.165) is 17.8 Å². The molecule has 5 rings (SSSR count). The van der Waals surface area contributed by atoms with Gasteiger partial charge in [-0.05, 0) is 29.8 Å². The van der Waals surface area contributed by atoms with Crippen LogP contribution in [0.1, 0.15) is 34.4 Å². The minimum atomic E-state index is -4.49. The number of benzene rings is 2. The topological polar surface area (TPSA) is 80.7 Å². The van der Waals surface area contributed by atoms with Crippen LogP contribution in [0.4, 0.5) is 19.0 Å². The van der Waals surface area contributed by atoms with E-state index in [2.05, 4.69) is 15.7 Å². The summed E-state index contributed by atoms with van der Waals surface area (Å²) < 4.78 is 54.0. The second-order valence-electron chi connectivity index (χ2n) is 9.08. The Hall–Kier alpha value is -3.73. The molecule has 0 saturated carbocycles. The van der Waals surface area contributed by atoms with Crippen molar-refractivity contribution in [1.82, 2.24) is 20.0 Å². The number of amides is 1. The number of piperazine rings is 1. The summed E-state index contributed by atoms with van der Waals surface area (Å²) in [7, 11) is 2.99. The maximum absolute atomic E-state index is 14.1. The monoisotopic (exact) mass is 515 g/mol. The minimum Gasteiger partial charge on any atom is -0.493 e. The number of hydrogen-bond acceptors (Lipinski definition) is 6. The fraction of sp³-hybridized carbons (Fsp3) is 0.385. The predicted octanol–water partition coefficient (Wildman–Crippen LogP) is 4.27. The van der Waals surface area contributed by atoms with Crippen LogP contribution in [0, 0.1) is 0 Å². The molecule has 1 amide bonds. The van der Waals surface area contributed by atoms with Gasteiger partial charge in [0.1, 0.15) is 5.82 Å². The molecule has 3 heterocycles. The number of nitrogens with zero attached hydrogens (tertiary/aromatic N) is 3. The van der Waals surface area contributed by atoms with Gasteiger partial charge in [0.25, 0.3) is 5.91 Å². The van der Waals surface area contributed by atoms with Crippen LogP contribution >= 0.6 is 0 Å². The number of ether oxygens (including phenoxy) is 2. The number of halogens is 3. The Labute approximate surface area is 212 Å².